The van der Waals surface area contributed by atoms with Crippen molar-refractivity contribution >= 4 is 17.0 Å². The number of aromatic nitrogens is 1. The lowest BCUT2D eigenvalue weighted by Crippen LogP contribution is -2.35. The number of rotatable bonds is 7. The van der Waals surface area contributed by atoms with E-state index in [1.165, 1.54) is 4.57 Å². The Labute approximate surface area is 144 Å². The number of fused-ring (bicyclic) bond motifs is 1. The molecule has 0 radical (unpaired) electrons. The van der Waals surface area contributed by atoms with E-state index in [0.29, 0.717) is 17.6 Å². The quantitative estimate of drug-likeness (QED) is 0.710. The summed E-state index contributed by atoms with van der Waals surface area (Å²) >= 11 is 0. The first-order chi connectivity index (χ1) is 12.1. The Kier molecular flexibility index (Phi) is 5.04. The Balaban J connectivity index is 1.59. The molecule has 2 heterocycles. The molecule has 0 aliphatic heterocycles. The van der Waals surface area contributed by atoms with Gasteiger partial charge in [0.1, 0.15) is 5.76 Å². The van der Waals surface area contributed by atoms with Crippen LogP contribution in [0.2, 0.25) is 0 Å². The molecule has 1 N–H and O–H groups in total. The van der Waals surface area contributed by atoms with Crippen molar-refractivity contribution in [2.24, 2.45) is 0 Å². The minimum Gasteiger partial charge on any atom is -0.468 e. The van der Waals surface area contributed by atoms with Crippen molar-refractivity contribution in [1.29, 1.82) is 0 Å². The van der Waals surface area contributed by atoms with Crippen molar-refractivity contribution in [2.75, 3.05) is 20.6 Å². The first kappa shape index (κ1) is 17.0. The van der Waals surface area contributed by atoms with Crippen LogP contribution in [0, 0.1) is 0 Å². The number of furan rings is 1. The van der Waals surface area contributed by atoms with E-state index in [4.69, 9.17) is 8.83 Å². The Hall–Kier alpha value is -2.80. The molecular weight excluding hydrogens is 322 g/mol. The highest BCUT2D eigenvalue weighted by atomic mass is 16.4. The predicted molar refractivity (Wildman–Crippen MR) is 93.2 cm³/mol. The summed E-state index contributed by atoms with van der Waals surface area (Å²) in [7, 11) is 3.85. The molecule has 3 rings (SSSR count). The van der Waals surface area contributed by atoms with Crippen LogP contribution in [0.3, 0.4) is 0 Å². The van der Waals surface area contributed by atoms with Gasteiger partial charge in [-0.2, -0.15) is 0 Å². The van der Waals surface area contributed by atoms with Crippen molar-refractivity contribution in [3.63, 3.8) is 0 Å². The summed E-state index contributed by atoms with van der Waals surface area (Å²) in [6.07, 6.45) is 1.81. The summed E-state index contributed by atoms with van der Waals surface area (Å²) in [5.74, 6) is 0.216. The summed E-state index contributed by atoms with van der Waals surface area (Å²) in [6, 6.07) is 10.8. The first-order valence-corrected chi connectivity index (χ1v) is 8.11. The van der Waals surface area contributed by atoms with Crippen LogP contribution in [0.4, 0.5) is 0 Å². The summed E-state index contributed by atoms with van der Waals surface area (Å²) in [5, 5.41) is 2.90. The Bertz CT molecular complexity index is 893. The van der Waals surface area contributed by atoms with Crippen LogP contribution >= 0.6 is 0 Å². The number of likely N-dealkylation sites (N-methyl/N-ethyl adjacent to an activating group) is 1. The molecular formula is C18H21N3O4. The van der Waals surface area contributed by atoms with Crippen LogP contribution in [-0.4, -0.2) is 36.0 Å². The van der Waals surface area contributed by atoms with E-state index < -0.39 is 5.76 Å². The molecule has 0 aliphatic carbocycles. The molecule has 1 unspecified atom stereocenters. The fourth-order valence-corrected chi connectivity index (χ4v) is 2.76. The molecule has 132 valence electrons. The maximum Gasteiger partial charge on any atom is 0.419 e. The van der Waals surface area contributed by atoms with Crippen LogP contribution in [-0.2, 0) is 11.3 Å². The van der Waals surface area contributed by atoms with E-state index in [1.54, 1.807) is 24.5 Å². The molecule has 1 amide bonds. The molecule has 1 aromatic carbocycles. The van der Waals surface area contributed by atoms with Gasteiger partial charge in [0.05, 0.1) is 17.8 Å². The number of amides is 1. The third-order valence-electron chi connectivity index (χ3n) is 4.12. The van der Waals surface area contributed by atoms with Gasteiger partial charge in [-0.25, -0.2) is 4.79 Å². The molecule has 2 aromatic heterocycles. The van der Waals surface area contributed by atoms with Gasteiger partial charge in [-0.05, 0) is 38.4 Å². The number of nitrogens with zero attached hydrogens (tertiary/aromatic N) is 2. The lowest BCUT2D eigenvalue weighted by Gasteiger charge is -2.22. The summed E-state index contributed by atoms with van der Waals surface area (Å²) in [6.45, 7) is 0.704. The topological polar surface area (TPSA) is 80.6 Å². The van der Waals surface area contributed by atoms with Crippen LogP contribution in [0.1, 0.15) is 18.2 Å². The molecule has 7 heteroatoms. The van der Waals surface area contributed by atoms with Gasteiger partial charge in [-0.15, -0.1) is 0 Å². The highest BCUT2D eigenvalue weighted by molar-refractivity contribution is 5.76. The standard InChI is InChI=1S/C18H21N3O4/c1-20(2)14(15-8-5-11-24-15)12-19-17(22)9-10-21-13-6-3-4-7-16(13)25-18(21)23/h3-8,11,14H,9-10,12H2,1-2H3,(H,19,22). The zero-order chi connectivity index (χ0) is 17.8. The Morgan fingerprint density at radius 1 is 1.24 bits per heavy atom. The SMILES string of the molecule is CN(C)C(CNC(=O)CCn1c(=O)oc2ccccc21)c1ccco1. The fraction of sp³-hybridized carbons (Fsp3) is 0.333. The minimum atomic E-state index is -0.448. The van der Waals surface area contributed by atoms with E-state index in [-0.39, 0.29) is 24.9 Å². The number of para-hydroxylation sites is 2. The van der Waals surface area contributed by atoms with E-state index in [1.807, 2.05) is 37.2 Å². The largest absolute Gasteiger partial charge is 0.468 e. The zero-order valence-corrected chi connectivity index (χ0v) is 14.3. The highest BCUT2D eigenvalue weighted by Crippen LogP contribution is 2.17. The minimum absolute atomic E-state index is 0.0450. The number of nitrogens with one attached hydrogen (secondary N) is 1. The van der Waals surface area contributed by atoms with Crippen molar-refractivity contribution in [1.82, 2.24) is 14.8 Å². The van der Waals surface area contributed by atoms with Gasteiger partial charge < -0.3 is 14.2 Å². The smallest absolute Gasteiger partial charge is 0.419 e. The molecule has 0 fully saturated rings. The van der Waals surface area contributed by atoms with E-state index in [9.17, 15) is 9.59 Å². The highest BCUT2D eigenvalue weighted by Gasteiger charge is 2.18. The van der Waals surface area contributed by atoms with Gasteiger partial charge in [0, 0.05) is 19.5 Å². The maximum atomic E-state index is 12.2. The summed E-state index contributed by atoms with van der Waals surface area (Å²) in [5.41, 5.74) is 1.22. The number of hydrogen-bond donors (Lipinski definition) is 1. The average Bonchev–Trinajstić information content (AvgIpc) is 3.20. The second-order valence-corrected chi connectivity index (χ2v) is 6.04. The molecule has 7 nitrogen and oxygen atoms in total. The third kappa shape index (κ3) is 3.83. The van der Waals surface area contributed by atoms with Crippen LogP contribution in [0.15, 0.2) is 56.3 Å². The van der Waals surface area contributed by atoms with Crippen LogP contribution in [0.5, 0.6) is 0 Å². The van der Waals surface area contributed by atoms with Crippen molar-refractivity contribution < 1.29 is 13.6 Å². The molecule has 0 bridgehead atoms. The van der Waals surface area contributed by atoms with Gasteiger partial charge in [0.15, 0.2) is 5.58 Å². The van der Waals surface area contributed by atoms with Gasteiger partial charge in [-0.1, -0.05) is 12.1 Å². The number of benzene rings is 1. The second kappa shape index (κ2) is 7.40. The Morgan fingerprint density at radius 3 is 2.76 bits per heavy atom. The van der Waals surface area contributed by atoms with Gasteiger partial charge in [0.2, 0.25) is 5.91 Å². The monoisotopic (exact) mass is 343 g/mol. The summed E-state index contributed by atoms with van der Waals surface area (Å²) < 4.78 is 12.1. The first-order valence-electron chi connectivity index (χ1n) is 8.11. The molecule has 0 aliphatic rings. The number of hydrogen-bond acceptors (Lipinski definition) is 5. The lowest BCUT2D eigenvalue weighted by atomic mass is 10.2. The lowest BCUT2D eigenvalue weighted by molar-refractivity contribution is -0.121. The number of oxazole rings is 1. The molecule has 3 aromatic rings. The average molecular weight is 343 g/mol. The van der Waals surface area contributed by atoms with Crippen molar-refractivity contribution in [3.8, 4) is 0 Å². The predicted octanol–water partition coefficient (Wildman–Crippen LogP) is 2.00. The van der Waals surface area contributed by atoms with Gasteiger partial charge in [-0.3, -0.25) is 14.3 Å². The van der Waals surface area contributed by atoms with Crippen molar-refractivity contribution in [2.45, 2.75) is 19.0 Å². The zero-order valence-electron chi connectivity index (χ0n) is 14.3. The molecule has 0 saturated heterocycles. The molecule has 1 atom stereocenters. The van der Waals surface area contributed by atoms with Gasteiger partial charge >= 0.3 is 5.76 Å². The van der Waals surface area contributed by atoms with Crippen molar-refractivity contribution in [3.05, 3.63) is 59.0 Å². The third-order valence-corrected chi connectivity index (χ3v) is 4.12. The second-order valence-electron chi connectivity index (χ2n) is 6.04. The van der Waals surface area contributed by atoms with Crippen LogP contribution < -0.4 is 11.1 Å². The summed E-state index contributed by atoms with van der Waals surface area (Å²) in [4.78, 5) is 26.1. The number of carbonyl (C=O) groups is 1. The van der Waals surface area contributed by atoms with E-state index >= 15 is 0 Å². The number of carbonyl (C=O) groups excluding carboxylic acids is 1. The van der Waals surface area contributed by atoms with Crippen LogP contribution in [0.25, 0.3) is 11.1 Å². The fourth-order valence-electron chi connectivity index (χ4n) is 2.76. The normalized spacial score (nSPS) is 12.6. The molecule has 0 spiro atoms. The maximum absolute atomic E-state index is 12.2. The van der Waals surface area contributed by atoms with Gasteiger partial charge in [0.25, 0.3) is 0 Å². The molecule has 0 saturated carbocycles. The molecule has 25 heavy (non-hydrogen) atoms. The Morgan fingerprint density at radius 2 is 2.04 bits per heavy atom. The van der Waals surface area contributed by atoms with E-state index in [2.05, 4.69) is 5.32 Å². The van der Waals surface area contributed by atoms with E-state index in [0.717, 1.165) is 5.76 Å². The number of aryl methyl sites for hydroxylation is 1.